The molecular formula is C28H38N2O5. The summed E-state index contributed by atoms with van der Waals surface area (Å²) in [5.74, 6) is 1.13. The summed E-state index contributed by atoms with van der Waals surface area (Å²) < 4.78 is 10.7. The second-order valence-corrected chi connectivity index (χ2v) is 9.23. The summed E-state index contributed by atoms with van der Waals surface area (Å²) >= 11 is 0. The number of aliphatic hydroxyl groups excluding tert-OH is 1. The monoisotopic (exact) mass is 482 g/mol. The molecule has 190 valence electrons. The number of amides is 1. The van der Waals surface area contributed by atoms with Gasteiger partial charge in [-0.1, -0.05) is 29.8 Å². The van der Waals surface area contributed by atoms with Crippen LogP contribution in [-0.4, -0.2) is 61.6 Å². The number of rotatable bonds is 13. The number of nitrogens with one attached hydrogen (secondary N) is 1. The highest BCUT2D eigenvalue weighted by atomic mass is 16.5. The lowest BCUT2D eigenvalue weighted by molar-refractivity contribution is -0.123. The number of Topliss-reactive ketones (excluding diaryl/α,β-unsaturated/α-hetero) is 1. The number of nitrogens with zero attached hydrogens (tertiary/aromatic N) is 1. The summed E-state index contributed by atoms with van der Waals surface area (Å²) in [5, 5.41) is 14.3. The quantitative estimate of drug-likeness (QED) is 0.331. The molecule has 1 fully saturated rings. The van der Waals surface area contributed by atoms with Crippen molar-refractivity contribution in [3.05, 3.63) is 59.2 Å². The van der Waals surface area contributed by atoms with Crippen molar-refractivity contribution in [3.63, 3.8) is 0 Å². The number of unbranched alkanes of at least 4 members (excludes halogenated alkanes) is 1. The van der Waals surface area contributed by atoms with Gasteiger partial charge in [0.25, 0.3) is 0 Å². The van der Waals surface area contributed by atoms with Crippen molar-refractivity contribution in [2.45, 2.75) is 57.6 Å². The van der Waals surface area contributed by atoms with Gasteiger partial charge >= 0.3 is 0 Å². The number of carbonyl (C=O) groups excluding carboxylic acids is 2. The fourth-order valence-electron chi connectivity index (χ4n) is 4.48. The summed E-state index contributed by atoms with van der Waals surface area (Å²) in [6, 6.07) is 12.4. The Morgan fingerprint density at radius 3 is 2.34 bits per heavy atom. The average molecular weight is 483 g/mol. The number of ether oxygens (including phenoxy) is 2. The summed E-state index contributed by atoms with van der Waals surface area (Å²) in [4.78, 5) is 27.4. The lowest BCUT2D eigenvalue weighted by Crippen LogP contribution is -2.46. The van der Waals surface area contributed by atoms with Gasteiger partial charge in [0.2, 0.25) is 5.91 Å². The molecule has 35 heavy (non-hydrogen) atoms. The molecule has 1 aliphatic heterocycles. The van der Waals surface area contributed by atoms with Crippen molar-refractivity contribution in [1.82, 2.24) is 10.2 Å². The molecule has 2 atom stereocenters. The number of hydrogen-bond acceptors (Lipinski definition) is 6. The van der Waals surface area contributed by atoms with E-state index >= 15 is 0 Å². The smallest absolute Gasteiger partial charge is 0.220 e. The van der Waals surface area contributed by atoms with Crippen LogP contribution < -0.4 is 14.8 Å². The molecule has 0 bridgehead atoms. The largest absolute Gasteiger partial charge is 0.497 e. The van der Waals surface area contributed by atoms with E-state index in [0.29, 0.717) is 54.9 Å². The minimum absolute atomic E-state index is 0.0966. The molecule has 0 spiro atoms. The molecule has 0 aliphatic carbocycles. The Bertz CT molecular complexity index is 970. The molecule has 0 saturated carbocycles. The number of hydrogen-bond donors (Lipinski definition) is 2. The highest BCUT2D eigenvalue weighted by Gasteiger charge is 2.28. The van der Waals surface area contributed by atoms with E-state index in [2.05, 4.69) is 10.2 Å². The third kappa shape index (κ3) is 7.80. The summed E-state index contributed by atoms with van der Waals surface area (Å²) in [6.45, 7) is 4.47. The molecule has 1 aliphatic rings. The summed E-state index contributed by atoms with van der Waals surface area (Å²) in [5.41, 5.74) is 2.44. The molecule has 2 aromatic rings. The second kappa shape index (κ2) is 13.3. The zero-order chi connectivity index (χ0) is 25.2. The maximum absolute atomic E-state index is 12.8. The first kappa shape index (κ1) is 26.7. The summed E-state index contributed by atoms with van der Waals surface area (Å²) in [6.07, 6.45) is 3.30. The number of methoxy groups -OCH3 is 2. The molecule has 7 heteroatoms. The lowest BCUT2D eigenvalue weighted by Gasteiger charge is -2.29. The van der Waals surface area contributed by atoms with Crippen LogP contribution in [0.15, 0.2) is 42.5 Å². The molecule has 2 aromatic carbocycles. The SMILES string of the molecule is COc1ccc([C@@H](O)[C@@H](CN2CCCC2)NC(=O)CCCCC(=O)c2ccc(C)cc2)c(OC)c1. The first-order valence-electron chi connectivity index (χ1n) is 12.4. The van der Waals surface area contributed by atoms with Gasteiger partial charge in [-0.2, -0.15) is 0 Å². The van der Waals surface area contributed by atoms with E-state index in [1.54, 1.807) is 32.4 Å². The Labute approximate surface area is 208 Å². The van der Waals surface area contributed by atoms with Gasteiger partial charge in [-0.3, -0.25) is 9.59 Å². The van der Waals surface area contributed by atoms with Crippen molar-refractivity contribution in [3.8, 4) is 11.5 Å². The number of carbonyl (C=O) groups is 2. The first-order chi connectivity index (χ1) is 16.9. The van der Waals surface area contributed by atoms with Crippen LogP contribution in [0, 0.1) is 6.92 Å². The van der Waals surface area contributed by atoms with Crippen LogP contribution in [0.3, 0.4) is 0 Å². The molecule has 2 N–H and O–H groups in total. The van der Waals surface area contributed by atoms with Gasteiger partial charge in [0.1, 0.15) is 17.6 Å². The molecule has 1 saturated heterocycles. The fourth-order valence-corrected chi connectivity index (χ4v) is 4.48. The van der Waals surface area contributed by atoms with Crippen LogP contribution in [-0.2, 0) is 4.79 Å². The number of aryl methyl sites for hydroxylation is 1. The Hall–Kier alpha value is -2.90. The highest BCUT2D eigenvalue weighted by Crippen LogP contribution is 2.31. The van der Waals surface area contributed by atoms with E-state index in [1.807, 2.05) is 31.2 Å². The predicted octanol–water partition coefficient (Wildman–Crippen LogP) is 4.07. The number of benzene rings is 2. The van der Waals surface area contributed by atoms with Crippen LogP contribution in [0.4, 0.5) is 0 Å². The van der Waals surface area contributed by atoms with Crippen molar-refractivity contribution < 1.29 is 24.2 Å². The van der Waals surface area contributed by atoms with Crippen molar-refractivity contribution >= 4 is 11.7 Å². The molecule has 0 radical (unpaired) electrons. The zero-order valence-electron chi connectivity index (χ0n) is 21.1. The molecule has 3 rings (SSSR count). The standard InChI is InChI=1S/C28H38N2O5/c1-20-10-12-21(13-11-20)25(31)8-4-5-9-27(32)29-24(19-30-16-6-7-17-30)28(33)23-15-14-22(34-2)18-26(23)35-3/h10-15,18,24,28,33H,4-9,16-17,19H2,1-3H3,(H,29,32)/t24-,28-/m1/s1. The number of aliphatic hydroxyl groups is 1. The minimum atomic E-state index is -0.927. The van der Waals surface area contributed by atoms with Gasteiger partial charge in [-0.05, 0) is 57.8 Å². The van der Waals surface area contributed by atoms with Crippen LogP contribution in [0.5, 0.6) is 11.5 Å². The van der Waals surface area contributed by atoms with Gasteiger partial charge in [0, 0.05) is 36.6 Å². The topological polar surface area (TPSA) is 88.1 Å². The maximum Gasteiger partial charge on any atom is 0.220 e. The average Bonchev–Trinajstić information content (AvgIpc) is 3.39. The Morgan fingerprint density at radius 1 is 1.00 bits per heavy atom. The molecule has 1 amide bonds. The molecule has 0 aromatic heterocycles. The summed E-state index contributed by atoms with van der Waals surface area (Å²) in [7, 11) is 3.13. The maximum atomic E-state index is 12.8. The molecule has 1 heterocycles. The lowest BCUT2D eigenvalue weighted by atomic mass is 9.99. The third-order valence-electron chi connectivity index (χ3n) is 6.57. The third-order valence-corrected chi connectivity index (χ3v) is 6.57. The van der Waals surface area contributed by atoms with E-state index in [0.717, 1.165) is 31.5 Å². The van der Waals surface area contributed by atoms with Crippen LogP contribution in [0.25, 0.3) is 0 Å². The van der Waals surface area contributed by atoms with Gasteiger partial charge in [0.15, 0.2) is 5.78 Å². The van der Waals surface area contributed by atoms with Gasteiger partial charge in [-0.25, -0.2) is 0 Å². The van der Waals surface area contributed by atoms with Gasteiger partial charge < -0.3 is 24.8 Å². The van der Waals surface area contributed by atoms with Gasteiger partial charge in [-0.15, -0.1) is 0 Å². The minimum Gasteiger partial charge on any atom is -0.497 e. The number of ketones is 1. The van der Waals surface area contributed by atoms with E-state index in [1.165, 1.54) is 0 Å². The fraction of sp³-hybridized carbons (Fsp3) is 0.500. The van der Waals surface area contributed by atoms with Gasteiger partial charge in [0.05, 0.1) is 20.3 Å². The van der Waals surface area contributed by atoms with Crippen LogP contribution >= 0.6 is 0 Å². The molecular weight excluding hydrogens is 444 g/mol. The predicted molar refractivity (Wildman–Crippen MR) is 136 cm³/mol. The van der Waals surface area contributed by atoms with Crippen molar-refractivity contribution in [1.29, 1.82) is 0 Å². The van der Waals surface area contributed by atoms with E-state index in [-0.39, 0.29) is 11.7 Å². The Morgan fingerprint density at radius 2 is 1.69 bits per heavy atom. The molecule has 7 nitrogen and oxygen atoms in total. The van der Waals surface area contributed by atoms with Crippen LogP contribution in [0.1, 0.15) is 66.1 Å². The highest BCUT2D eigenvalue weighted by molar-refractivity contribution is 5.96. The Kier molecular flexibility index (Phi) is 10.1. The number of likely N-dealkylation sites (tertiary alicyclic amines) is 1. The van der Waals surface area contributed by atoms with E-state index in [4.69, 9.17) is 9.47 Å². The van der Waals surface area contributed by atoms with E-state index < -0.39 is 12.1 Å². The van der Waals surface area contributed by atoms with E-state index in [9.17, 15) is 14.7 Å². The zero-order valence-corrected chi connectivity index (χ0v) is 21.1. The first-order valence-corrected chi connectivity index (χ1v) is 12.4. The second-order valence-electron chi connectivity index (χ2n) is 9.23. The van der Waals surface area contributed by atoms with Crippen molar-refractivity contribution in [2.24, 2.45) is 0 Å². The van der Waals surface area contributed by atoms with Crippen LogP contribution in [0.2, 0.25) is 0 Å². The molecule has 0 unspecified atom stereocenters. The normalized spacial score (nSPS) is 15.4. The Balaban J connectivity index is 1.57. The van der Waals surface area contributed by atoms with Crippen molar-refractivity contribution in [2.75, 3.05) is 33.9 Å².